The van der Waals surface area contributed by atoms with Crippen LogP contribution >= 0.6 is 0 Å². The van der Waals surface area contributed by atoms with Gasteiger partial charge in [0.2, 0.25) is 5.91 Å². The van der Waals surface area contributed by atoms with Crippen LogP contribution in [0.5, 0.6) is 0 Å². The fourth-order valence-electron chi connectivity index (χ4n) is 2.11. The Morgan fingerprint density at radius 1 is 1.28 bits per heavy atom. The molecule has 0 saturated heterocycles. The average molecular weight is 248 g/mol. The molecule has 100 valence electrons. The van der Waals surface area contributed by atoms with E-state index in [9.17, 15) is 4.79 Å². The number of hydrogen-bond acceptors (Lipinski definition) is 2. The molecule has 0 heterocycles. The largest absolute Gasteiger partial charge is 0.330 e. The van der Waals surface area contributed by atoms with Crippen molar-refractivity contribution in [3.05, 3.63) is 30.3 Å². The minimum absolute atomic E-state index is 0.136. The van der Waals surface area contributed by atoms with Crippen molar-refractivity contribution in [1.82, 2.24) is 0 Å². The number of nitrogens with zero attached hydrogens (tertiary/aromatic N) is 1. The highest BCUT2D eigenvalue weighted by molar-refractivity contribution is 5.92. The number of para-hydroxylation sites is 1. The molecule has 0 aliphatic rings. The molecule has 1 rings (SSSR count). The Labute approximate surface area is 110 Å². The van der Waals surface area contributed by atoms with Crippen molar-refractivity contribution in [2.24, 2.45) is 17.6 Å². The van der Waals surface area contributed by atoms with E-state index in [2.05, 4.69) is 13.8 Å². The van der Waals surface area contributed by atoms with Crippen molar-refractivity contribution in [2.75, 3.05) is 18.5 Å². The highest BCUT2D eigenvalue weighted by Crippen LogP contribution is 2.18. The summed E-state index contributed by atoms with van der Waals surface area (Å²) in [6.07, 6.45) is 1.53. The topological polar surface area (TPSA) is 46.3 Å². The van der Waals surface area contributed by atoms with Crippen LogP contribution in [-0.2, 0) is 4.79 Å². The monoisotopic (exact) mass is 248 g/mol. The van der Waals surface area contributed by atoms with Gasteiger partial charge in [0.1, 0.15) is 0 Å². The van der Waals surface area contributed by atoms with Gasteiger partial charge in [-0.05, 0) is 36.9 Å². The maximum absolute atomic E-state index is 12.2. The molecule has 0 unspecified atom stereocenters. The number of carbonyl (C=O) groups is 1. The summed E-state index contributed by atoms with van der Waals surface area (Å²) in [6.45, 7) is 4.90. The van der Waals surface area contributed by atoms with E-state index in [1.54, 1.807) is 4.90 Å². The summed E-state index contributed by atoms with van der Waals surface area (Å²) in [5.74, 6) is 0.995. The zero-order valence-corrected chi connectivity index (χ0v) is 11.6. The molecule has 3 heteroatoms. The van der Waals surface area contributed by atoms with Crippen molar-refractivity contribution in [2.45, 2.75) is 26.7 Å². The summed E-state index contributed by atoms with van der Waals surface area (Å²) >= 11 is 0. The zero-order chi connectivity index (χ0) is 13.5. The van der Waals surface area contributed by atoms with E-state index in [0.29, 0.717) is 18.9 Å². The van der Waals surface area contributed by atoms with Gasteiger partial charge < -0.3 is 10.6 Å². The quantitative estimate of drug-likeness (QED) is 0.841. The molecule has 3 nitrogen and oxygen atoms in total. The first-order valence-corrected chi connectivity index (χ1v) is 6.56. The molecule has 1 atom stereocenters. The second-order valence-corrected chi connectivity index (χ2v) is 5.22. The molecule has 0 bridgehead atoms. The normalized spacial score (nSPS) is 12.5. The minimum atomic E-state index is 0.136. The van der Waals surface area contributed by atoms with Gasteiger partial charge in [-0.2, -0.15) is 0 Å². The highest BCUT2D eigenvalue weighted by Gasteiger charge is 2.17. The van der Waals surface area contributed by atoms with E-state index in [0.717, 1.165) is 12.1 Å². The second-order valence-electron chi connectivity index (χ2n) is 5.22. The Kier molecular flexibility index (Phi) is 5.86. The first-order valence-electron chi connectivity index (χ1n) is 6.56. The molecule has 0 fully saturated rings. The van der Waals surface area contributed by atoms with E-state index in [1.165, 1.54) is 0 Å². The van der Waals surface area contributed by atoms with Crippen LogP contribution in [0.3, 0.4) is 0 Å². The molecule has 1 aromatic carbocycles. The first-order chi connectivity index (χ1) is 8.54. The number of carbonyl (C=O) groups excluding carboxylic acids is 1. The lowest BCUT2D eigenvalue weighted by molar-refractivity contribution is -0.119. The zero-order valence-electron chi connectivity index (χ0n) is 11.6. The molecule has 0 saturated carbocycles. The Morgan fingerprint density at radius 2 is 1.89 bits per heavy atom. The smallest absolute Gasteiger partial charge is 0.227 e. The number of amides is 1. The summed E-state index contributed by atoms with van der Waals surface area (Å²) < 4.78 is 0. The van der Waals surface area contributed by atoms with Crippen LogP contribution in [0.2, 0.25) is 0 Å². The predicted molar refractivity (Wildman–Crippen MR) is 76.5 cm³/mol. The molecular formula is C15H24N2O. The van der Waals surface area contributed by atoms with Gasteiger partial charge >= 0.3 is 0 Å². The SMILES string of the molecule is CC(C)C[C@H](CN)CC(=O)N(C)c1ccccc1. The number of rotatable bonds is 6. The number of hydrogen-bond donors (Lipinski definition) is 1. The van der Waals surface area contributed by atoms with Crippen molar-refractivity contribution >= 4 is 11.6 Å². The Bertz CT molecular complexity index is 362. The summed E-state index contributed by atoms with van der Waals surface area (Å²) in [4.78, 5) is 13.9. The lowest BCUT2D eigenvalue weighted by atomic mass is 9.94. The molecule has 0 aliphatic carbocycles. The Morgan fingerprint density at radius 3 is 2.39 bits per heavy atom. The third-order valence-electron chi connectivity index (χ3n) is 3.12. The molecule has 0 radical (unpaired) electrons. The third-order valence-corrected chi connectivity index (χ3v) is 3.12. The van der Waals surface area contributed by atoms with E-state index < -0.39 is 0 Å². The summed E-state index contributed by atoms with van der Waals surface area (Å²) in [5.41, 5.74) is 6.67. The minimum Gasteiger partial charge on any atom is -0.330 e. The van der Waals surface area contributed by atoms with Gasteiger partial charge in [-0.1, -0.05) is 32.0 Å². The van der Waals surface area contributed by atoms with Gasteiger partial charge in [0.25, 0.3) is 0 Å². The molecule has 0 spiro atoms. The number of nitrogens with two attached hydrogens (primary N) is 1. The summed E-state index contributed by atoms with van der Waals surface area (Å²) in [6, 6.07) is 9.71. The van der Waals surface area contributed by atoms with E-state index in [1.807, 2.05) is 37.4 Å². The number of anilines is 1. The fourth-order valence-corrected chi connectivity index (χ4v) is 2.11. The molecule has 0 aromatic heterocycles. The van der Waals surface area contributed by atoms with Crippen molar-refractivity contribution in [1.29, 1.82) is 0 Å². The van der Waals surface area contributed by atoms with Crippen LogP contribution < -0.4 is 10.6 Å². The van der Waals surface area contributed by atoms with Crippen LogP contribution in [0.25, 0.3) is 0 Å². The Hall–Kier alpha value is -1.35. The van der Waals surface area contributed by atoms with E-state index in [4.69, 9.17) is 5.73 Å². The van der Waals surface area contributed by atoms with Crippen LogP contribution in [-0.4, -0.2) is 19.5 Å². The standard InChI is InChI=1S/C15H24N2O/c1-12(2)9-13(11-16)10-15(18)17(3)14-7-5-4-6-8-14/h4-8,12-13H,9-11,16H2,1-3H3/t13-/m0/s1. The van der Waals surface area contributed by atoms with Gasteiger partial charge in [-0.15, -0.1) is 0 Å². The molecule has 1 aromatic rings. The molecule has 1 amide bonds. The maximum atomic E-state index is 12.2. The highest BCUT2D eigenvalue weighted by atomic mass is 16.2. The van der Waals surface area contributed by atoms with Crippen molar-refractivity contribution in [3.63, 3.8) is 0 Å². The van der Waals surface area contributed by atoms with Crippen LogP contribution in [0.15, 0.2) is 30.3 Å². The fraction of sp³-hybridized carbons (Fsp3) is 0.533. The maximum Gasteiger partial charge on any atom is 0.227 e. The van der Waals surface area contributed by atoms with E-state index in [-0.39, 0.29) is 11.8 Å². The lowest BCUT2D eigenvalue weighted by Gasteiger charge is -2.22. The predicted octanol–water partition coefficient (Wildman–Crippen LogP) is 2.66. The first kappa shape index (κ1) is 14.7. The Balaban J connectivity index is 2.59. The van der Waals surface area contributed by atoms with Crippen molar-refractivity contribution in [3.8, 4) is 0 Å². The second kappa shape index (κ2) is 7.17. The van der Waals surface area contributed by atoms with Gasteiger partial charge in [0.05, 0.1) is 0 Å². The summed E-state index contributed by atoms with van der Waals surface area (Å²) in [7, 11) is 1.82. The van der Waals surface area contributed by atoms with Crippen LogP contribution in [0.1, 0.15) is 26.7 Å². The van der Waals surface area contributed by atoms with Gasteiger partial charge in [-0.3, -0.25) is 4.79 Å². The molecular weight excluding hydrogens is 224 g/mol. The molecule has 0 aliphatic heterocycles. The van der Waals surface area contributed by atoms with Gasteiger partial charge in [-0.25, -0.2) is 0 Å². The number of benzene rings is 1. The average Bonchev–Trinajstić information content (AvgIpc) is 2.37. The lowest BCUT2D eigenvalue weighted by Crippen LogP contribution is -2.30. The van der Waals surface area contributed by atoms with Crippen molar-refractivity contribution < 1.29 is 4.79 Å². The third kappa shape index (κ3) is 4.49. The molecule has 18 heavy (non-hydrogen) atoms. The van der Waals surface area contributed by atoms with Crippen LogP contribution in [0.4, 0.5) is 5.69 Å². The van der Waals surface area contributed by atoms with Gasteiger partial charge in [0, 0.05) is 19.2 Å². The molecule has 2 N–H and O–H groups in total. The van der Waals surface area contributed by atoms with E-state index >= 15 is 0 Å². The summed E-state index contributed by atoms with van der Waals surface area (Å²) in [5, 5.41) is 0. The van der Waals surface area contributed by atoms with Crippen LogP contribution in [0, 0.1) is 11.8 Å². The van der Waals surface area contributed by atoms with Gasteiger partial charge in [0.15, 0.2) is 0 Å².